The molecule has 2 unspecified atom stereocenters. The van der Waals surface area contributed by atoms with Crippen molar-refractivity contribution >= 4 is 27.3 Å². The Morgan fingerprint density at radius 2 is 2.08 bits per heavy atom. The largest absolute Gasteiger partial charge is 0.573 e. The number of nitrogens with zero attached hydrogens (tertiary/aromatic N) is 3. The van der Waals surface area contributed by atoms with Crippen LogP contribution in [0.5, 0.6) is 5.75 Å². The van der Waals surface area contributed by atoms with E-state index in [0.717, 1.165) is 23.0 Å². The minimum Gasteiger partial charge on any atom is -0.404 e. The Bertz CT molecular complexity index is 1380. The number of aryl methyl sites for hydroxylation is 1. The van der Waals surface area contributed by atoms with Gasteiger partial charge < -0.3 is 14.8 Å². The number of benzene rings is 1. The third-order valence-electron chi connectivity index (χ3n) is 6.86. The summed E-state index contributed by atoms with van der Waals surface area (Å²) in [7, 11) is -4.61. The summed E-state index contributed by atoms with van der Waals surface area (Å²) < 4.78 is 106. The van der Waals surface area contributed by atoms with Crippen LogP contribution in [0, 0.1) is 0 Å². The predicted octanol–water partition coefficient (Wildman–Crippen LogP) is 4.26. The van der Waals surface area contributed by atoms with Gasteiger partial charge in [-0.15, -0.1) is 13.2 Å². The topological polar surface area (TPSA) is 103 Å². The first-order valence-corrected chi connectivity index (χ1v) is 14.4. The maximum absolute atomic E-state index is 15.4. The van der Waals surface area contributed by atoms with E-state index in [0.29, 0.717) is 29.3 Å². The lowest BCUT2D eigenvalue weighted by Crippen LogP contribution is -2.48. The second-order valence-electron chi connectivity index (χ2n) is 9.70. The van der Waals surface area contributed by atoms with Crippen molar-refractivity contribution in [2.75, 3.05) is 38.2 Å². The molecule has 9 nitrogen and oxygen atoms in total. The van der Waals surface area contributed by atoms with Crippen LogP contribution in [0.3, 0.4) is 0 Å². The molecule has 2 saturated heterocycles. The molecule has 0 aliphatic carbocycles. The molecule has 2 fully saturated rings. The molecule has 1 aromatic carbocycles. The van der Waals surface area contributed by atoms with Crippen LogP contribution in [0.2, 0.25) is 5.02 Å². The summed E-state index contributed by atoms with van der Waals surface area (Å²) in [6.45, 7) is 0.799. The average molecular weight is 615 g/mol. The highest BCUT2D eigenvalue weighted by molar-refractivity contribution is 7.89. The Balaban J connectivity index is 1.51. The Morgan fingerprint density at radius 3 is 2.70 bits per heavy atom. The lowest BCUT2D eigenvalue weighted by Gasteiger charge is -2.34. The summed E-state index contributed by atoms with van der Waals surface area (Å²) in [4.78, 5) is 12.2. The molecule has 4 rings (SSSR count). The van der Waals surface area contributed by atoms with E-state index in [1.807, 2.05) is 0 Å². The quantitative estimate of drug-likeness (QED) is 0.443. The van der Waals surface area contributed by atoms with E-state index in [4.69, 9.17) is 16.3 Å². The number of rotatable bonds is 8. The Morgan fingerprint density at radius 1 is 1.32 bits per heavy atom. The van der Waals surface area contributed by atoms with E-state index in [9.17, 15) is 30.8 Å². The fourth-order valence-corrected chi connectivity index (χ4v) is 6.53. The monoisotopic (exact) mass is 614 g/mol. The molecule has 1 aromatic heterocycles. The van der Waals surface area contributed by atoms with Crippen molar-refractivity contribution in [1.29, 1.82) is 0 Å². The molecule has 0 saturated carbocycles. The van der Waals surface area contributed by atoms with Crippen LogP contribution in [-0.4, -0.2) is 73.6 Å². The number of halogens is 6. The van der Waals surface area contributed by atoms with Crippen molar-refractivity contribution in [3.05, 3.63) is 45.3 Å². The summed E-state index contributed by atoms with van der Waals surface area (Å²) >= 11 is 6.18. The van der Waals surface area contributed by atoms with Gasteiger partial charge in [-0.2, -0.15) is 9.40 Å². The number of hydrogen-bond donors (Lipinski definition) is 1. The number of alkyl halides is 5. The molecule has 0 spiro atoms. The van der Waals surface area contributed by atoms with Gasteiger partial charge >= 0.3 is 6.36 Å². The smallest absolute Gasteiger partial charge is 0.404 e. The minimum absolute atomic E-state index is 0.0499. The highest BCUT2D eigenvalue weighted by Crippen LogP contribution is 2.35. The summed E-state index contributed by atoms with van der Waals surface area (Å²) in [6.07, 6.45) is -5.01. The van der Waals surface area contributed by atoms with Crippen LogP contribution in [0.15, 0.2) is 34.1 Å². The average Bonchev–Trinajstić information content (AvgIpc) is 2.89. The fraction of sp³-hybridized carbons (Fsp3) is 0.583. The summed E-state index contributed by atoms with van der Waals surface area (Å²) in [5.74, 6) is -0.926. The van der Waals surface area contributed by atoms with Gasteiger partial charge in [0, 0.05) is 19.7 Å². The summed E-state index contributed by atoms with van der Waals surface area (Å²) in [6, 6.07) is 2.08. The highest BCUT2D eigenvalue weighted by Gasteiger charge is 2.41. The number of nitrogens with one attached hydrogen (secondary N) is 1. The lowest BCUT2D eigenvalue weighted by atomic mass is 9.99. The van der Waals surface area contributed by atoms with Crippen LogP contribution in [-0.2, 0) is 21.2 Å². The second-order valence-corrected chi connectivity index (χ2v) is 12.0. The maximum atomic E-state index is 15.4. The molecule has 2 aromatic rings. The minimum atomic E-state index is -5.14. The first-order valence-electron chi connectivity index (χ1n) is 12.5. The number of hydrogen-bond acceptors (Lipinski definition) is 7. The highest BCUT2D eigenvalue weighted by atomic mass is 35.5. The van der Waals surface area contributed by atoms with Crippen molar-refractivity contribution < 1.29 is 39.8 Å². The van der Waals surface area contributed by atoms with Crippen molar-refractivity contribution in [1.82, 2.24) is 14.1 Å². The van der Waals surface area contributed by atoms with Gasteiger partial charge in [-0.3, -0.25) is 4.79 Å². The SMILES string of the molecule is CCc1ccc(OC(F)(F)F)c(S(=O)(=O)N2CCC(n3ncc(NC[C@@]4(F)CCCOC4)c(Cl)c3=O)C(F)C2)c1. The normalized spacial score (nSPS) is 24.6. The van der Waals surface area contributed by atoms with Gasteiger partial charge in [0.25, 0.3) is 5.56 Å². The van der Waals surface area contributed by atoms with Gasteiger partial charge in [-0.05, 0) is 43.4 Å². The van der Waals surface area contributed by atoms with E-state index in [2.05, 4.69) is 15.2 Å². The summed E-state index contributed by atoms with van der Waals surface area (Å²) in [5, 5.41) is 6.37. The molecule has 1 N–H and O–H groups in total. The molecule has 40 heavy (non-hydrogen) atoms. The zero-order chi connectivity index (χ0) is 29.3. The van der Waals surface area contributed by atoms with Crippen LogP contribution >= 0.6 is 11.6 Å². The fourth-order valence-electron chi connectivity index (χ4n) is 4.70. The van der Waals surface area contributed by atoms with Gasteiger partial charge in [-0.25, -0.2) is 21.9 Å². The van der Waals surface area contributed by atoms with E-state index >= 15 is 4.39 Å². The zero-order valence-corrected chi connectivity index (χ0v) is 23.0. The van der Waals surface area contributed by atoms with Crippen LogP contribution < -0.4 is 15.6 Å². The molecule has 0 bridgehead atoms. The van der Waals surface area contributed by atoms with Crippen LogP contribution in [0.4, 0.5) is 27.6 Å². The number of sulfonamides is 1. The zero-order valence-electron chi connectivity index (χ0n) is 21.4. The lowest BCUT2D eigenvalue weighted by molar-refractivity contribution is -0.275. The predicted molar refractivity (Wildman–Crippen MR) is 136 cm³/mol. The van der Waals surface area contributed by atoms with E-state index in [1.165, 1.54) is 6.07 Å². The molecule has 2 aliphatic rings. The van der Waals surface area contributed by atoms with E-state index in [1.54, 1.807) is 6.92 Å². The van der Waals surface area contributed by atoms with Crippen LogP contribution in [0.1, 0.15) is 37.8 Å². The molecule has 222 valence electrons. The van der Waals surface area contributed by atoms with E-state index in [-0.39, 0.29) is 43.2 Å². The van der Waals surface area contributed by atoms with Crippen LogP contribution in [0.25, 0.3) is 0 Å². The standard InChI is InChI=1S/C24H28ClF5N4O5S/c1-2-15-4-5-19(39-24(28,29)30)20(10-15)40(36,37)33-8-6-18(16(26)12-33)34-22(35)21(25)17(11-32-34)31-13-23(27)7-3-9-38-14-23/h4-5,10-11,16,18,31H,2-3,6-9,12-14H2,1H3/t16?,18?,23-/m0/s1. The van der Waals surface area contributed by atoms with Gasteiger partial charge in [0.05, 0.1) is 31.1 Å². The molecule has 0 radical (unpaired) electrons. The van der Waals surface area contributed by atoms with Crippen molar-refractivity contribution in [3.8, 4) is 5.75 Å². The first kappa shape index (κ1) is 30.5. The van der Waals surface area contributed by atoms with Crippen molar-refractivity contribution in [2.45, 2.75) is 61.7 Å². The molecule has 3 heterocycles. The molecule has 2 aliphatic heterocycles. The van der Waals surface area contributed by atoms with Gasteiger partial charge in [0.1, 0.15) is 21.8 Å². The molecular weight excluding hydrogens is 587 g/mol. The van der Waals surface area contributed by atoms with Crippen molar-refractivity contribution in [2.24, 2.45) is 0 Å². The maximum Gasteiger partial charge on any atom is 0.573 e. The van der Waals surface area contributed by atoms with Crippen molar-refractivity contribution in [3.63, 3.8) is 0 Å². The van der Waals surface area contributed by atoms with E-state index < -0.39 is 57.0 Å². The number of aromatic nitrogens is 2. The molecule has 3 atom stereocenters. The van der Waals surface area contributed by atoms with Gasteiger partial charge in [-0.1, -0.05) is 24.6 Å². The second kappa shape index (κ2) is 11.8. The molecule has 0 amide bonds. The van der Waals surface area contributed by atoms with Gasteiger partial charge in [0.15, 0.2) is 5.67 Å². The summed E-state index contributed by atoms with van der Waals surface area (Å²) in [5.41, 5.74) is -2.03. The Kier molecular flexibility index (Phi) is 8.97. The third kappa shape index (κ3) is 6.69. The number of anilines is 1. The number of piperidine rings is 1. The number of ether oxygens (including phenoxy) is 2. The first-order chi connectivity index (χ1) is 18.7. The van der Waals surface area contributed by atoms with Gasteiger partial charge in [0.2, 0.25) is 10.0 Å². The molecular formula is C24H28ClF5N4O5S. The Hall–Kier alpha value is -2.49. The Labute approximate surface area is 232 Å². The third-order valence-corrected chi connectivity index (χ3v) is 9.11. The molecule has 16 heteroatoms.